The lowest BCUT2D eigenvalue weighted by Gasteiger charge is -2.16. The first-order valence-electron chi connectivity index (χ1n) is 5.99. The summed E-state index contributed by atoms with van der Waals surface area (Å²) in [6.07, 6.45) is -9.58. The van der Waals surface area contributed by atoms with E-state index in [9.17, 15) is 35.9 Å². The third-order valence-electron chi connectivity index (χ3n) is 2.34. The first-order chi connectivity index (χ1) is 10.4. The Balaban J connectivity index is 2.97. The maximum absolute atomic E-state index is 12.9. The molecule has 0 aromatic heterocycles. The zero-order chi connectivity index (χ0) is 17.8. The van der Waals surface area contributed by atoms with Crippen molar-refractivity contribution in [3.05, 3.63) is 23.8 Å². The van der Waals surface area contributed by atoms with Crippen molar-refractivity contribution in [1.29, 1.82) is 0 Å². The molecule has 1 aromatic rings. The third-order valence-corrected chi connectivity index (χ3v) is 2.34. The summed E-state index contributed by atoms with van der Waals surface area (Å²) in [5, 5.41) is 5.20. The Morgan fingerprint density at radius 3 is 2.13 bits per heavy atom. The molecular weight excluding hydrogens is 332 g/mol. The van der Waals surface area contributed by atoms with Gasteiger partial charge in [-0.25, -0.2) is 4.79 Å². The van der Waals surface area contributed by atoms with E-state index in [1.807, 2.05) is 0 Å². The van der Waals surface area contributed by atoms with Crippen LogP contribution < -0.4 is 16.0 Å². The number of alkyl halides is 6. The van der Waals surface area contributed by atoms with Gasteiger partial charge in [-0.2, -0.15) is 26.3 Å². The van der Waals surface area contributed by atoms with Crippen LogP contribution in [0.1, 0.15) is 12.5 Å². The summed E-state index contributed by atoms with van der Waals surface area (Å²) in [6.45, 7) is -0.603. The van der Waals surface area contributed by atoms with Gasteiger partial charge in [-0.15, -0.1) is 0 Å². The number of carbonyl (C=O) groups excluding carboxylic acids is 2. The lowest BCUT2D eigenvalue weighted by atomic mass is 10.1. The van der Waals surface area contributed by atoms with Crippen LogP contribution in [0.4, 0.5) is 42.5 Å². The van der Waals surface area contributed by atoms with Crippen molar-refractivity contribution in [3.63, 3.8) is 0 Å². The molecule has 0 aliphatic heterocycles. The molecule has 0 radical (unpaired) electrons. The largest absolute Gasteiger partial charge is 0.418 e. The summed E-state index contributed by atoms with van der Waals surface area (Å²) in [5.74, 6) is -0.609. The Kier molecular flexibility index (Phi) is 5.46. The van der Waals surface area contributed by atoms with E-state index in [4.69, 9.17) is 0 Å². The van der Waals surface area contributed by atoms with Crippen LogP contribution in [0.2, 0.25) is 0 Å². The van der Waals surface area contributed by atoms with Crippen LogP contribution in [0.25, 0.3) is 0 Å². The molecule has 1 rings (SSSR count). The summed E-state index contributed by atoms with van der Waals surface area (Å²) in [6, 6.07) is 0.998. The molecule has 0 heterocycles. The van der Waals surface area contributed by atoms with Crippen LogP contribution in [0.3, 0.4) is 0 Å². The lowest BCUT2D eigenvalue weighted by molar-refractivity contribution is -0.137. The summed E-state index contributed by atoms with van der Waals surface area (Å²) in [4.78, 5) is 22.1. The number of hydrogen-bond donors (Lipinski definition) is 3. The van der Waals surface area contributed by atoms with Gasteiger partial charge >= 0.3 is 18.4 Å². The van der Waals surface area contributed by atoms with Crippen molar-refractivity contribution in [3.8, 4) is 0 Å². The molecule has 0 saturated carbocycles. The molecular formula is C12H11F6N3O2. The predicted octanol–water partition coefficient (Wildman–Crippen LogP) is 3.35. The number of rotatable bonds is 3. The molecule has 5 nitrogen and oxygen atoms in total. The number of amides is 3. The predicted molar refractivity (Wildman–Crippen MR) is 68.8 cm³/mol. The van der Waals surface area contributed by atoms with Crippen molar-refractivity contribution >= 4 is 23.3 Å². The molecule has 11 heteroatoms. The third kappa shape index (κ3) is 6.45. The molecule has 3 N–H and O–H groups in total. The maximum Gasteiger partial charge on any atom is 0.418 e. The van der Waals surface area contributed by atoms with E-state index in [0.29, 0.717) is 6.07 Å². The average Bonchev–Trinajstić information content (AvgIpc) is 2.35. The topological polar surface area (TPSA) is 70.2 Å². The van der Waals surface area contributed by atoms with Crippen LogP contribution >= 0.6 is 0 Å². The number of urea groups is 1. The van der Waals surface area contributed by atoms with Gasteiger partial charge in [-0.05, 0) is 18.2 Å². The van der Waals surface area contributed by atoms with E-state index in [0.717, 1.165) is 19.1 Å². The second kappa shape index (κ2) is 6.75. The van der Waals surface area contributed by atoms with E-state index in [-0.39, 0.29) is 5.69 Å². The second-order valence-electron chi connectivity index (χ2n) is 4.36. The second-order valence-corrected chi connectivity index (χ2v) is 4.36. The van der Waals surface area contributed by atoms with Gasteiger partial charge in [0.1, 0.15) is 6.54 Å². The van der Waals surface area contributed by atoms with Gasteiger partial charge in [0.05, 0.1) is 11.3 Å². The molecule has 0 aliphatic rings. The van der Waals surface area contributed by atoms with Crippen LogP contribution in [0.5, 0.6) is 0 Å². The standard InChI is InChI=1S/C12H11F6N3O2/c1-6(22)20-7-2-3-9(8(4-7)12(16,17)18)21-10(23)19-5-11(13,14)15/h2-4H,5H2,1H3,(H,20,22)(H2,19,21,23). The zero-order valence-electron chi connectivity index (χ0n) is 11.5. The van der Waals surface area contributed by atoms with E-state index < -0.39 is 42.1 Å². The highest BCUT2D eigenvalue weighted by molar-refractivity contribution is 5.92. The van der Waals surface area contributed by atoms with Crippen LogP contribution in [0.15, 0.2) is 18.2 Å². The fourth-order valence-corrected chi connectivity index (χ4v) is 1.52. The molecule has 3 amide bonds. The van der Waals surface area contributed by atoms with Crippen LogP contribution in [-0.2, 0) is 11.0 Å². The van der Waals surface area contributed by atoms with Gasteiger partial charge in [0.2, 0.25) is 5.91 Å². The molecule has 128 valence electrons. The average molecular weight is 343 g/mol. The monoisotopic (exact) mass is 343 g/mol. The minimum absolute atomic E-state index is 0.175. The Bertz CT molecular complexity index is 597. The van der Waals surface area contributed by atoms with Gasteiger partial charge in [0, 0.05) is 12.6 Å². The van der Waals surface area contributed by atoms with Gasteiger partial charge in [-0.3, -0.25) is 4.79 Å². The number of benzene rings is 1. The molecule has 0 spiro atoms. The summed E-state index contributed by atoms with van der Waals surface area (Å²) in [7, 11) is 0. The fraction of sp³-hybridized carbons (Fsp3) is 0.333. The quantitative estimate of drug-likeness (QED) is 0.737. The molecule has 0 saturated heterocycles. The highest BCUT2D eigenvalue weighted by atomic mass is 19.4. The Hall–Kier alpha value is -2.46. The highest BCUT2D eigenvalue weighted by Crippen LogP contribution is 2.36. The molecule has 0 atom stereocenters. The van der Waals surface area contributed by atoms with Gasteiger partial charge in [0.15, 0.2) is 0 Å². The van der Waals surface area contributed by atoms with Crippen LogP contribution in [0, 0.1) is 0 Å². The molecule has 1 aromatic carbocycles. The summed E-state index contributed by atoms with van der Waals surface area (Å²) in [5.41, 5.74) is -2.23. The number of anilines is 2. The van der Waals surface area contributed by atoms with Crippen molar-refractivity contribution in [2.24, 2.45) is 0 Å². The first-order valence-corrected chi connectivity index (χ1v) is 5.99. The van der Waals surface area contributed by atoms with E-state index in [1.165, 1.54) is 5.32 Å². The van der Waals surface area contributed by atoms with Crippen molar-refractivity contribution in [2.75, 3.05) is 17.2 Å². The van der Waals surface area contributed by atoms with Gasteiger partial charge in [0.25, 0.3) is 0 Å². The van der Waals surface area contributed by atoms with E-state index in [1.54, 1.807) is 5.32 Å². The molecule has 0 unspecified atom stereocenters. The van der Waals surface area contributed by atoms with E-state index >= 15 is 0 Å². The number of hydrogen-bond acceptors (Lipinski definition) is 2. The van der Waals surface area contributed by atoms with Crippen molar-refractivity contribution < 1.29 is 35.9 Å². The van der Waals surface area contributed by atoms with Gasteiger partial charge < -0.3 is 16.0 Å². The molecule has 23 heavy (non-hydrogen) atoms. The fourth-order valence-electron chi connectivity index (χ4n) is 1.52. The number of halogens is 6. The van der Waals surface area contributed by atoms with Gasteiger partial charge in [-0.1, -0.05) is 0 Å². The SMILES string of the molecule is CC(=O)Nc1ccc(NC(=O)NCC(F)(F)F)c(C(F)(F)F)c1. The normalized spacial score (nSPS) is 11.8. The lowest BCUT2D eigenvalue weighted by Crippen LogP contribution is -2.37. The maximum atomic E-state index is 12.9. The molecule has 0 fully saturated rings. The molecule has 0 bridgehead atoms. The van der Waals surface area contributed by atoms with Crippen LogP contribution in [-0.4, -0.2) is 24.7 Å². The minimum atomic E-state index is -4.89. The Morgan fingerprint density at radius 2 is 1.65 bits per heavy atom. The number of nitrogens with one attached hydrogen (secondary N) is 3. The Labute approximate surface area is 126 Å². The Morgan fingerprint density at radius 1 is 1.04 bits per heavy atom. The van der Waals surface area contributed by atoms with Crippen molar-refractivity contribution in [2.45, 2.75) is 19.3 Å². The van der Waals surface area contributed by atoms with Crippen molar-refractivity contribution in [1.82, 2.24) is 5.32 Å². The minimum Gasteiger partial charge on any atom is -0.329 e. The summed E-state index contributed by atoms with van der Waals surface area (Å²) < 4.78 is 74.6. The molecule has 0 aliphatic carbocycles. The summed E-state index contributed by atoms with van der Waals surface area (Å²) >= 11 is 0. The van der Waals surface area contributed by atoms with E-state index in [2.05, 4.69) is 5.32 Å². The highest BCUT2D eigenvalue weighted by Gasteiger charge is 2.35. The zero-order valence-corrected chi connectivity index (χ0v) is 11.5. The smallest absolute Gasteiger partial charge is 0.329 e. The first kappa shape index (κ1) is 18.6. The number of carbonyl (C=O) groups is 2.